The number of hydrogen-bond acceptors (Lipinski definition) is 4. The predicted octanol–water partition coefficient (Wildman–Crippen LogP) is 3.34. The normalized spacial score (nSPS) is 25.7. The van der Waals surface area contributed by atoms with Gasteiger partial charge in [0.1, 0.15) is 5.75 Å². The highest BCUT2D eigenvalue weighted by molar-refractivity contribution is 5.86. The molecule has 1 aromatic rings. The molecule has 29 heavy (non-hydrogen) atoms. The van der Waals surface area contributed by atoms with Gasteiger partial charge in [0.2, 0.25) is 5.91 Å². The van der Waals surface area contributed by atoms with Crippen molar-refractivity contribution in [1.29, 1.82) is 0 Å². The first-order valence-corrected chi connectivity index (χ1v) is 10.7. The smallest absolute Gasteiger partial charge is 0.228 e. The molecule has 1 saturated heterocycles. The Morgan fingerprint density at radius 3 is 2.86 bits per heavy atom. The molecular weight excluding hydrogens is 362 g/mol. The summed E-state index contributed by atoms with van der Waals surface area (Å²) in [5.74, 6) is 0.636. The Balaban J connectivity index is 1.77. The molecule has 1 amide bonds. The van der Waals surface area contributed by atoms with Crippen LogP contribution in [0.25, 0.3) is 0 Å². The number of phenols is 1. The van der Waals surface area contributed by atoms with Gasteiger partial charge in [-0.1, -0.05) is 50.6 Å². The Morgan fingerprint density at radius 1 is 1.34 bits per heavy atom. The van der Waals surface area contributed by atoms with Crippen molar-refractivity contribution in [2.75, 3.05) is 6.54 Å². The monoisotopic (exact) mass is 393 g/mol. The lowest BCUT2D eigenvalue weighted by Crippen LogP contribution is -2.47. The highest BCUT2D eigenvalue weighted by Gasteiger charge is 2.50. The van der Waals surface area contributed by atoms with Gasteiger partial charge < -0.3 is 16.3 Å². The second kappa shape index (κ2) is 7.71. The van der Waals surface area contributed by atoms with Crippen LogP contribution in [0, 0.1) is 23.2 Å². The van der Waals surface area contributed by atoms with Crippen LogP contribution >= 0.6 is 0 Å². The Kier molecular flexibility index (Phi) is 5.26. The first-order chi connectivity index (χ1) is 14.0. The van der Waals surface area contributed by atoms with Crippen LogP contribution in [0.3, 0.4) is 0 Å². The standard InChI is InChI=1S/C24H31N3O2/c1-3-6-15(2)24(23(25)29,13-17-7-4-5-8-22(17)28)20-10-9-16-12-21-18(11-19(16)20)14-26-27-21/h4-5,7-10,12,15,18-19,26-28H,3,6,11,13-14H2,1-2H3,(H2,25,29). The Hall–Kier alpha value is -2.53. The largest absolute Gasteiger partial charge is 0.508 e. The summed E-state index contributed by atoms with van der Waals surface area (Å²) in [6.07, 6.45) is 9.78. The van der Waals surface area contributed by atoms with E-state index in [4.69, 9.17) is 5.73 Å². The van der Waals surface area contributed by atoms with E-state index >= 15 is 0 Å². The molecule has 1 aliphatic heterocycles. The second-order valence-corrected chi connectivity index (χ2v) is 8.71. The Bertz CT molecular complexity index is 901. The number of hydrazine groups is 1. The van der Waals surface area contributed by atoms with Crippen LogP contribution in [0.4, 0.5) is 0 Å². The van der Waals surface area contributed by atoms with Crippen LogP contribution in [0.1, 0.15) is 38.7 Å². The van der Waals surface area contributed by atoms with Gasteiger partial charge in [-0.15, -0.1) is 0 Å². The van der Waals surface area contributed by atoms with Crippen LogP contribution in [-0.2, 0) is 11.2 Å². The fourth-order valence-electron chi connectivity index (χ4n) is 5.46. The SMILES string of the molecule is CCCC(C)C(Cc1ccccc1O)(C(N)=O)C1=CC=C2C=C3NNCC3CC21. The van der Waals surface area contributed by atoms with Gasteiger partial charge in [0.05, 0.1) is 5.41 Å². The van der Waals surface area contributed by atoms with Gasteiger partial charge in [-0.05, 0) is 54.0 Å². The number of nitrogens with one attached hydrogen (secondary N) is 2. The molecule has 1 aromatic carbocycles. The van der Waals surface area contributed by atoms with E-state index in [-0.39, 0.29) is 23.5 Å². The average molecular weight is 394 g/mol. The molecule has 5 heteroatoms. The molecule has 4 atom stereocenters. The van der Waals surface area contributed by atoms with Crippen molar-refractivity contribution in [3.8, 4) is 5.75 Å². The van der Waals surface area contributed by atoms with Crippen LogP contribution in [0.15, 0.2) is 59.3 Å². The molecule has 4 unspecified atom stereocenters. The number of fused-ring (bicyclic) bond motifs is 2. The minimum atomic E-state index is -0.817. The highest BCUT2D eigenvalue weighted by Crippen LogP contribution is 2.52. The first kappa shape index (κ1) is 19.8. The number of hydrogen-bond donors (Lipinski definition) is 4. The maximum Gasteiger partial charge on any atom is 0.228 e. The van der Waals surface area contributed by atoms with Crippen molar-refractivity contribution < 1.29 is 9.90 Å². The predicted molar refractivity (Wildman–Crippen MR) is 114 cm³/mol. The summed E-state index contributed by atoms with van der Waals surface area (Å²) in [6.45, 7) is 5.17. The summed E-state index contributed by atoms with van der Waals surface area (Å²) >= 11 is 0. The number of phenolic OH excluding ortho intramolecular Hbond substituents is 1. The second-order valence-electron chi connectivity index (χ2n) is 8.71. The van der Waals surface area contributed by atoms with Crippen LogP contribution in [0.5, 0.6) is 5.75 Å². The van der Waals surface area contributed by atoms with Crippen molar-refractivity contribution >= 4 is 5.91 Å². The lowest BCUT2D eigenvalue weighted by molar-refractivity contribution is -0.128. The molecule has 5 nitrogen and oxygen atoms in total. The topological polar surface area (TPSA) is 87.4 Å². The van der Waals surface area contributed by atoms with Crippen molar-refractivity contribution in [3.05, 3.63) is 64.9 Å². The molecule has 2 aliphatic carbocycles. The van der Waals surface area contributed by atoms with E-state index in [0.717, 1.165) is 36.9 Å². The average Bonchev–Trinajstić information content (AvgIpc) is 3.32. The molecule has 0 radical (unpaired) electrons. The molecule has 154 valence electrons. The number of primary amides is 1. The van der Waals surface area contributed by atoms with Gasteiger partial charge in [-0.25, -0.2) is 5.43 Å². The molecule has 4 rings (SSSR count). The Morgan fingerprint density at radius 2 is 2.14 bits per heavy atom. The molecular formula is C24H31N3O2. The number of nitrogens with two attached hydrogens (primary N) is 1. The quantitative estimate of drug-likeness (QED) is 0.572. The summed E-state index contributed by atoms with van der Waals surface area (Å²) < 4.78 is 0. The third kappa shape index (κ3) is 3.27. The number of carbonyl (C=O) groups excluding carboxylic acids is 1. The number of benzene rings is 1. The van der Waals surface area contributed by atoms with Gasteiger partial charge in [0, 0.05) is 24.1 Å². The van der Waals surface area contributed by atoms with Gasteiger partial charge in [0.15, 0.2) is 0 Å². The molecule has 0 bridgehead atoms. The zero-order chi connectivity index (χ0) is 20.6. The fraction of sp³-hybridized carbons (Fsp3) is 0.458. The van der Waals surface area contributed by atoms with Crippen molar-refractivity contribution in [2.45, 2.75) is 39.5 Å². The summed E-state index contributed by atoms with van der Waals surface area (Å²) in [4.78, 5) is 13.2. The molecule has 3 aliphatic rings. The number of para-hydroxylation sites is 1. The third-order valence-electron chi connectivity index (χ3n) is 7.08. The molecule has 5 N–H and O–H groups in total. The first-order valence-electron chi connectivity index (χ1n) is 10.7. The number of amides is 1. The Labute approximate surface area is 172 Å². The van der Waals surface area contributed by atoms with Crippen LogP contribution in [0.2, 0.25) is 0 Å². The van der Waals surface area contributed by atoms with E-state index < -0.39 is 5.41 Å². The van der Waals surface area contributed by atoms with Crippen molar-refractivity contribution in [2.24, 2.45) is 28.9 Å². The maximum atomic E-state index is 13.2. The van der Waals surface area contributed by atoms with Crippen LogP contribution < -0.4 is 16.6 Å². The maximum absolute atomic E-state index is 13.2. The van der Waals surface area contributed by atoms with Crippen LogP contribution in [-0.4, -0.2) is 17.6 Å². The zero-order valence-corrected chi connectivity index (χ0v) is 17.2. The molecule has 0 spiro atoms. The lowest BCUT2D eigenvalue weighted by atomic mass is 9.60. The van der Waals surface area contributed by atoms with E-state index in [1.807, 2.05) is 18.2 Å². The number of aromatic hydroxyl groups is 1. The minimum Gasteiger partial charge on any atom is -0.508 e. The van der Waals surface area contributed by atoms with E-state index in [0.29, 0.717) is 12.3 Å². The zero-order valence-electron chi connectivity index (χ0n) is 17.2. The fourth-order valence-corrected chi connectivity index (χ4v) is 5.46. The van der Waals surface area contributed by atoms with E-state index in [1.54, 1.807) is 6.07 Å². The molecule has 1 heterocycles. The van der Waals surface area contributed by atoms with Crippen molar-refractivity contribution in [1.82, 2.24) is 10.9 Å². The molecule has 1 fully saturated rings. The van der Waals surface area contributed by atoms with Gasteiger partial charge in [-0.2, -0.15) is 0 Å². The van der Waals surface area contributed by atoms with Gasteiger partial charge in [0.25, 0.3) is 0 Å². The third-order valence-corrected chi connectivity index (χ3v) is 7.08. The van der Waals surface area contributed by atoms with Gasteiger partial charge >= 0.3 is 0 Å². The molecule has 0 aromatic heterocycles. The molecule has 0 saturated carbocycles. The minimum absolute atomic E-state index is 0.0776. The van der Waals surface area contributed by atoms with E-state index in [2.05, 4.69) is 42.9 Å². The van der Waals surface area contributed by atoms with E-state index in [9.17, 15) is 9.90 Å². The summed E-state index contributed by atoms with van der Waals surface area (Å²) in [7, 11) is 0. The number of carbonyl (C=O) groups is 1. The van der Waals surface area contributed by atoms with Gasteiger partial charge in [-0.3, -0.25) is 4.79 Å². The summed E-state index contributed by atoms with van der Waals surface area (Å²) in [6, 6.07) is 7.30. The van der Waals surface area contributed by atoms with Crippen molar-refractivity contribution in [3.63, 3.8) is 0 Å². The number of rotatable bonds is 7. The van der Waals surface area contributed by atoms with E-state index in [1.165, 1.54) is 11.3 Å². The highest BCUT2D eigenvalue weighted by atomic mass is 16.3. The summed E-state index contributed by atoms with van der Waals surface area (Å²) in [5.41, 5.74) is 16.2. The summed E-state index contributed by atoms with van der Waals surface area (Å²) in [5, 5.41) is 10.5. The lowest BCUT2D eigenvalue weighted by Gasteiger charge is -2.42. The number of allylic oxidation sites excluding steroid dienone is 4.